The molecule has 2 nitrogen and oxygen atoms in total. The molecule has 0 aliphatic carbocycles. The summed E-state index contributed by atoms with van der Waals surface area (Å²) in [5.74, 6) is -1.41. The minimum atomic E-state index is -0.758. The third-order valence-corrected chi connectivity index (χ3v) is 1.53. The number of nitrogens with two attached hydrogens (primary N) is 1. The number of nitrogens with one attached hydrogen (secondary N) is 1. The Morgan fingerprint density at radius 2 is 2.15 bits per heavy atom. The molecule has 0 amide bonds. The van der Waals surface area contributed by atoms with E-state index in [2.05, 4.69) is 11.9 Å². The predicted octanol–water partition coefficient (Wildman–Crippen LogP) is 2.14. The summed E-state index contributed by atoms with van der Waals surface area (Å²) in [5, 5.41) is 2.72. The van der Waals surface area contributed by atoms with Gasteiger partial charge in [-0.25, -0.2) is 8.78 Å². The molecule has 0 aliphatic rings. The Labute approximate surface area is 75.1 Å². The Kier molecular flexibility index (Phi) is 2.84. The summed E-state index contributed by atoms with van der Waals surface area (Å²) >= 11 is 0. The number of rotatable bonds is 3. The molecule has 0 heterocycles. The lowest BCUT2D eigenvalue weighted by molar-refractivity contribution is 0.587. The fourth-order valence-electron chi connectivity index (χ4n) is 0.913. The van der Waals surface area contributed by atoms with Gasteiger partial charge in [-0.3, -0.25) is 0 Å². The van der Waals surface area contributed by atoms with Crippen LogP contribution in [0.1, 0.15) is 0 Å². The Bertz CT molecular complexity index is 324. The molecule has 1 rings (SSSR count). The molecule has 13 heavy (non-hydrogen) atoms. The molecule has 1 aromatic rings. The molecule has 0 saturated heterocycles. The standard InChI is InChI=1S/C9H10F2N2/c1-2-3-13-8-5-6(10)4-7(11)9(8)12/h2,4-5,13H,1,3,12H2. The molecule has 0 aromatic heterocycles. The van der Waals surface area contributed by atoms with E-state index in [1.165, 1.54) is 0 Å². The van der Waals surface area contributed by atoms with E-state index in [9.17, 15) is 8.78 Å². The zero-order valence-electron chi connectivity index (χ0n) is 6.98. The predicted molar refractivity (Wildman–Crippen MR) is 49.5 cm³/mol. The van der Waals surface area contributed by atoms with E-state index in [1.807, 2.05) is 0 Å². The van der Waals surface area contributed by atoms with E-state index >= 15 is 0 Å². The van der Waals surface area contributed by atoms with Crippen LogP contribution in [0.2, 0.25) is 0 Å². The van der Waals surface area contributed by atoms with E-state index in [1.54, 1.807) is 6.08 Å². The largest absolute Gasteiger partial charge is 0.395 e. The molecule has 0 fully saturated rings. The first-order valence-corrected chi connectivity index (χ1v) is 3.74. The normalized spacial score (nSPS) is 9.69. The van der Waals surface area contributed by atoms with Crippen LogP contribution in [0.3, 0.4) is 0 Å². The van der Waals surface area contributed by atoms with E-state index in [0.717, 1.165) is 12.1 Å². The van der Waals surface area contributed by atoms with Crippen molar-refractivity contribution in [2.45, 2.75) is 0 Å². The average Bonchev–Trinajstić information content (AvgIpc) is 2.09. The van der Waals surface area contributed by atoms with Gasteiger partial charge in [0.15, 0.2) is 5.82 Å². The van der Waals surface area contributed by atoms with Crippen LogP contribution in [0.5, 0.6) is 0 Å². The zero-order chi connectivity index (χ0) is 9.84. The van der Waals surface area contributed by atoms with Gasteiger partial charge < -0.3 is 11.1 Å². The Morgan fingerprint density at radius 3 is 2.77 bits per heavy atom. The smallest absolute Gasteiger partial charge is 0.151 e. The molecule has 0 radical (unpaired) electrons. The Morgan fingerprint density at radius 1 is 1.46 bits per heavy atom. The number of anilines is 2. The van der Waals surface area contributed by atoms with Crippen molar-refractivity contribution in [3.63, 3.8) is 0 Å². The maximum atomic E-state index is 12.8. The highest BCUT2D eigenvalue weighted by Crippen LogP contribution is 2.22. The van der Waals surface area contributed by atoms with Crippen LogP contribution in [-0.2, 0) is 0 Å². The summed E-state index contributed by atoms with van der Waals surface area (Å²) in [6.45, 7) is 3.87. The summed E-state index contributed by atoms with van der Waals surface area (Å²) in [6, 6.07) is 1.89. The van der Waals surface area contributed by atoms with E-state index in [-0.39, 0.29) is 11.4 Å². The van der Waals surface area contributed by atoms with Gasteiger partial charge in [0.1, 0.15) is 5.82 Å². The summed E-state index contributed by atoms with van der Waals surface area (Å²) < 4.78 is 25.5. The van der Waals surface area contributed by atoms with Crippen molar-refractivity contribution >= 4 is 11.4 Å². The van der Waals surface area contributed by atoms with Gasteiger partial charge in [-0.1, -0.05) is 6.08 Å². The Hall–Kier alpha value is -1.58. The molecule has 70 valence electrons. The molecular weight excluding hydrogens is 174 g/mol. The van der Waals surface area contributed by atoms with Gasteiger partial charge in [0.25, 0.3) is 0 Å². The van der Waals surface area contributed by atoms with E-state index < -0.39 is 11.6 Å². The number of benzene rings is 1. The van der Waals surface area contributed by atoms with Crippen molar-refractivity contribution < 1.29 is 8.78 Å². The SMILES string of the molecule is C=CCNc1cc(F)cc(F)c1N. The number of halogens is 2. The fraction of sp³-hybridized carbons (Fsp3) is 0.111. The van der Waals surface area contributed by atoms with Crippen LogP contribution in [0.15, 0.2) is 24.8 Å². The molecule has 0 saturated carbocycles. The summed E-state index contributed by atoms with van der Waals surface area (Å²) in [5.41, 5.74) is 5.52. The van der Waals surface area contributed by atoms with Crippen molar-refractivity contribution in [1.29, 1.82) is 0 Å². The second kappa shape index (κ2) is 3.89. The van der Waals surface area contributed by atoms with Crippen LogP contribution < -0.4 is 11.1 Å². The monoisotopic (exact) mass is 184 g/mol. The zero-order valence-corrected chi connectivity index (χ0v) is 6.98. The van der Waals surface area contributed by atoms with Crippen molar-refractivity contribution in [2.75, 3.05) is 17.6 Å². The van der Waals surface area contributed by atoms with E-state index in [4.69, 9.17) is 5.73 Å². The lowest BCUT2D eigenvalue weighted by Gasteiger charge is -2.07. The van der Waals surface area contributed by atoms with Crippen LogP contribution in [0.4, 0.5) is 20.2 Å². The molecule has 3 N–H and O–H groups in total. The van der Waals surface area contributed by atoms with Gasteiger partial charge >= 0.3 is 0 Å². The van der Waals surface area contributed by atoms with Crippen molar-refractivity contribution in [3.8, 4) is 0 Å². The van der Waals surface area contributed by atoms with Gasteiger partial charge in [-0.05, 0) is 6.07 Å². The van der Waals surface area contributed by atoms with Crippen molar-refractivity contribution in [3.05, 3.63) is 36.4 Å². The van der Waals surface area contributed by atoms with Crippen LogP contribution in [0.25, 0.3) is 0 Å². The van der Waals surface area contributed by atoms with Crippen LogP contribution in [-0.4, -0.2) is 6.54 Å². The van der Waals surface area contributed by atoms with Gasteiger partial charge in [0, 0.05) is 12.6 Å². The average molecular weight is 184 g/mol. The van der Waals surface area contributed by atoms with Gasteiger partial charge in [0.05, 0.1) is 11.4 Å². The quantitative estimate of drug-likeness (QED) is 0.558. The minimum Gasteiger partial charge on any atom is -0.395 e. The second-order valence-corrected chi connectivity index (χ2v) is 2.52. The lowest BCUT2D eigenvalue weighted by atomic mass is 10.2. The highest BCUT2D eigenvalue weighted by molar-refractivity contribution is 5.66. The molecule has 1 aromatic carbocycles. The maximum absolute atomic E-state index is 12.8. The number of hydrogen-bond acceptors (Lipinski definition) is 2. The fourth-order valence-corrected chi connectivity index (χ4v) is 0.913. The highest BCUT2D eigenvalue weighted by Gasteiger charge is 2.06. The first-order chi connectivity index (χ1) is 6.15. The van der Waals surface area contributed by atoms with Crippen LogP contribution in [0, 0.1) is 11.6 Å². The molecule has 4 heteroatoms. The Balaban J connectivity index is 2.98. The topological polar surface area (TPSA) is 38.0 Å². The molecule has 0 bridgehead atoms. The van der Waals surface area contributed by atoms with Gasteiger partial charge in [0.2, 0.25) is 0 Å². The first-order valence-electron chi connectivity index (χ1n) is 3.74. The van der Waals surface area contributed by atoms with E-state index in [0.29, 0.717) is 6.54 Å². The van der Waals surface area contributed by atoms with Gasteiger partial charge in [-0.2, -0.15) is 0 Å². The summed E-state index contributed by atoms with van der Waals surface area (Å²) in [7, 11) is 0. The molecule has 0 spiro atoms. The van der Waals surface area contributed by atoms with Crippen molar-refractivity contribution in [1.82, 2.24) is 0 Å². The lowest BCUT2D eigenvalue weighted by Crippen LogP contribution is -2.04. The molecule has 0 unspecified atom stereocenters. The molecule has 0 aliphatic heterocycles. The minimum absolute atomic E-state index is 0.0803. The van der Waals surface area contributed by atoms with Gasteiger partial charge in [-0.15, -0.1) is 6.58 Å². The molecular formula is C9H10F2N2. The number of nitrogen functional groups attached to an aromatic ring is 1. The van der Waals surface area contributed by atoms with Crippen molar-refractivity contribution in [2.24, 2.45) is 0 Å². The summed E-state index contributed by atoms with van der Waals surface area (Å²) in [6.07, 6.45) is 1.57. The van der Waals surface area contributed by atoms with Crippen LogP contribution >= 0.6 is 0 Å². The molecule has 0 atom stereocenters. The number of hydrogen-bond donors (Lipinski definition) is 2. The second-order valence-electron chi connectivity index (χ2n) is 2.52. The third kappa shape index (κ3) is 2.18. The first kappa shape index (κ1) is 9.51. The summed E-state index contributed by atoms with van der Waals surface area (Å²) in [4.78, 5) is 0. The maximum Gasteiger partial charge on any atom is 0.151 e. The third-order valence-electron chi connectivity index (χ3n) is 1.53. The highest BCUT2D eigenvalue weighted by atomic mass is 19.1.